The average Bonchev–Trinajstić information content (AvgIpc) is 1.88. The molecule has 0 aliphatic rings. The van der Waals surface area contributed by atoms with Gasteiger partial charge in [-0.1, -0.05) is 13.2 Å². The van der Waals surface area contributed by atoms with Crippen LogP contribution in [-0.4, -0.2) is 27.2 Å². The maximum Gasteiger partial charge on any atom is 0.186 e. The summed E-state index contributed by atoms with van der Waals surface area (Å²) >= 11 is 0. The van der Waals surface area contributed by atoms with Gasteiger partial charge in [-0.25, -0.2) is 0 Å². The first-order chi connectivity index (χ1) is 5.36. The lowest BCUT2D eigenvalue weighted by Gasteiger charge is -2.17. The SMILES string of the molecule is C=COC=C.CC(O)C(C)(O)O. The molecule has 0 fully saturated rings. The van der Waals surface area contributed by atoms with E-state index >= 15 is 0 Å². The van der Waals surface area contributed by atoms with Crippen LogP contribution in [0.4, 0.5) is 0 Å². The van der Waals surface area contributed by atoms with E-state index in [0.29, 0.717) is 0 Å². The van der Waals surface area contributed by atoms with Crippen LogP contribution in [-0.2, 0) is 4.74 Å². The lowest BCUT2D eigenvalue weighted by molar-refractivity contribution is -0.205. The normalized spacial score (nSPS) is 12.1. The zero-order valence-corrected chi connectivity index (χ0v) is 7.40. The van der Waals surface area contributed by atoms with Gasteiger partial charge in [0.2, 0.25) is 0 Å². The summed E-state index contributed by atoms with van der Waals surface area (Å²) in [4.78, 5) is 0. The Labute approximate surface area is 72.4 Å². The highest BCUT2D eigenvalue weighted by Crippen LogP contribution is 2.01. The largest absolute Gasteiger partial charge is 0.474 e. The van der Waals surface area contributed by atoms with Gasteiger partial charge in [-0.05, 0) is 13.8 Å². The van der Waals surface area contributed by atoms with Crippen LogP contribution >= 0.6 is 0 Å². The van der Waals surface area contributed by atoms with Crippen LogP contribution in [0.3, 0.4) is 0 Å². The zero-order chi connectivity index (χ0) is 10.2. The van der Waals surface area contributed by atoms with Crippen LogP contribution in [0, 0.1) is 0 Å². The number of hydrogen-bond donors (Lipinski definition) is 3. The molecule has 0 amide bonds. The fourth-order valence-corrected chi connectivity index (χ4v) is 0.0680. The predicted molar refractivity (Wildman–Crippen MR) is 46.0 cm³/mol. The van der Waals surface area contributed by atoms with Crippen LogP contribution in [0.25, 0.3) is 0 Å². The molecule has 12 heavy (non-hydrogen) atoms. The van der Waals surface area contributed by atoms with Crippen LogP contribution < -0.4 is 0 Å². The topological polar surface area (TPSA) is 69.9 Å². The summed E-state index contributed by atoms with van der Waals surface area (Å²) in [7, 11) is 0. The fraction of sp³-hybridized carbons (Fsp3) is 0.500. The van der Waals surface area contributed by atoms with Crippen molar-refractivity contribution in [1.29, 1.82) is 0 Å². The molecular weight excluding hydrogens is 160 g/mol. The molecule has 0 saturated carbocycles. The number of ether oxygens (including phenoxy) is 1. The van der Waals surface area contributed by atoms with Gasteiger partial charge in [0.15, 0.2) is 5.79 Å². The van der Waals surface area contributed by atoms with E-state index in [1.807, 2.05) is 0 Å². The minimum Gasteiger partial charge on any atom is -0.474 e. The van der Waals surface area contributed by atoms with E-state index in [0.717, 1.165) is 6.92 Å². The number of rotatable bonds is 3. The Morgan fingerprint density at radius 1 is 1.33 bits per heavy atom. The standard InChI is InChI=1S/C4H10O3.C4H6O/c1-3(5)4(2,6)7;1-3-5-4-2/h3,5-7H,1-2H3;3-4H,1-2H2. The quantitative estimate of drug-likeness (QED) is 0.429. The molecule has 1 atom stereocenters. The Hall–Kier alpha value is -0.840. The summed E-state index contributed by atoms with van der Waals surface area (Å²) in [5, 5.41) is 25.2. The Morgan fingerprint density at radius 2 is 1.58 bits per heavy atom. The molecular formula is C8H16O4. The lowest BCUT2D eigenvalue weighted by atomic mass is 10.2. The van der Waals surface area contributed by atoms with Crippen molar-refractivity contribution in [2.24, 2.45) is 0 Å². The van der Waals surface area contributed by atoms with Gasteiger partial charge in [0.25, 0.3) is 0 Å². The van der Waals surface area contributed by atoms with E-state index in [4.69, 9.17) is 15.3 Å². The van der Waals surface area contributed by atoms with Crippen LogP contribution in [0.1, 0.15) is 13.8 Å². The van der Waals surface area contributed by atoms with E-state index in [2.05, 4.69) is 17.9 Å². The lowest BCUT2D eigenvalue weighted by Crippen LogP contribution is -2.36. The molecule has 4 nitrogen and oxygen atoms in total. The van der Waals surface area contributed by atoms with Crippen molar-refractivity contribution >= 4 is 0 Å². The molecule has 0 heterocycles. The van der Waals surface area contributed by atoms with E-state index in [9.17, 15) is 0 Å². The van der Waals surface area contributed by atoms with E-state index in [1.54, 1.807) is 0 Å². The minimum absolute atomic E-state index is 1.09. The number of aliphatic hydroxyl groups is 3. The van der Waals surface area contributed by atoms with Crippen molar-refractivity contribution in [2.75, 3.05) is 0 Å². The molecule has 1 unspecified atom stereocenters. The van der Waals surface area contributed by atoms with Crippen molar-refractivity contribution < 1.29 is 20.1 Å². The Bertz CT molecular complexity index is 118. The first-order valence-corrected chi connectivity index (χ1v) is 3.36. The van der Waals surface area contributed by atoms with Crippen LogP contribution in [0.2, 0.25) is 0 Å². The third-order valence-corrected chi connectivity index (χ3v) is 0.984. The molecule has 0 aliphatic carbocycles. The van der Waals surface area contributed by atoms with Crippen molar-refractivity contribution in [3.05, 3.63) is 25.7 Å². The van der Waals surface area contributed by atoms with Gasteiger partial charge in [0.05, 0.1) is 12.5 Å². The molecule has 0 aromatic carbocycles. The molecule has 0 spiro atoms. The van der Waals surface area contributed by atoms with E-state index in [1.165, 1.54) is 19.4 Å². The van der Waals surface area contributed by atoms with Crippen molar-refractivity contribution in [3.8, 4) is 0 Å². The summed E-state index contributed by atoms with van der Waals surface area (Å²) in [6.07, 6.45) is 1.53. The Balaban J connectivity index is 0. The molecule has 0 bridgehead atoms. The first-order valence-electron chi connectivity index (χ1n) is 3.36. The minimum atomic E-state index is -1.94. The molecule has 72 valence electrons. The molecule has 4 heteroatoms. The molecule has 0 aromatic rings. The van der Waals surface area contributed by atoms with Crippen molar-refractivity contribution in [1.82, 2.24) is 0 Å². The van der Waals surface area contributed by atoms with Gasteiger partial charge < -0.3 is 20.1 Å². The van der Waals surface area contributed by atoms with Gasteiger partial charge >= 0.3 is 0 Å². The summed E-state index contributed by atoms with van der Waals surface area (Å²) in [5.74, 6) is -1.94. The molecule has 0 rings (SSSR count). The highest BCUT2D eigenvalue weighted by molar-refractivity contribution is 4.61. The smallest absolute Gasteiger partial charge is 0.186 e. The summed E-state index contributed by atoms with van der Waals surface area (Å²) in [5.41, 5.74) is 0. The van der Waals surface area contributed by atoms with Gasteiger partial charge in [0.1, 0.15) is 6.10 Å². The van der Waals surface area contributed by atoms with Gasteiger partial charge in [-0.15, -0.1) is 0 Å². The average molecular weight is 176 g/mol. The van der Waals surface area contributed by atoms with Gasteiger partial charge in [-0.3, -0.25) is 0 Å². The Kier molecular flexibility index (Phi) is 7.83. The molecule has 0 aliphatic heterocycles. The second kappa shape index (κ2) is 6.84. The third kappa shape index (κ3) is 11.9. The number of aliphatic hydroxyl groups excluding tert-OH is 1. The molecule has 3 N–H and O–H groups in total. The van der Waals surface area contributed by atoms with Crippen LogP contribution in [0.15, 0.2) is 25.7 Å². The van der Waals surface area contributed by atoms with Crippen molar-refractivity contribution in [2.45, 2.75) is 25.7 Å². The fourth-order valence-electron chi connectivity index (χ4n) is 0.0680. The maximum atomic E-state index is 8.40. The zero-order valence-electron chi connectivity index (χ0n) is 7.40. The Morgan fingerprint density at radius 3 is 1.58 bits per heavy atom. The van der Waals surface area contributed by atoms with Crippen LogP contribution in [0.5, 0.6) is 0 Å². The molecule has 0 aromatic heterocycles. The highest BCUT2D eigenvalue weighted by Gasteiger charge is 2.21. The van der Waals surface area contributed by atoms with Crippen molar-refractivity contribution in [3.63, 3.8) is 0 Å². The monoisotopic (exact) mass is 176 g/mol. The second-order valence-corrected chi connectivity index (χ2v) is 2.24. The van der Waals surface area contributed by atoms with Gasteiger partial charge in [-0.2, -0.15) is 0 Å². The summed E-state index contributed by atoms with van der Waals surface area (Å²) < 4.78 is 4.36. The highest BCUT2D eigenvalue weighted by atomic mass is 16.5. The summed E-state index contributed by atoms with van der Waals surface area (Å²) in [6.45, 7) is 8.94. The summed E-state index contributed by atoms with van der Waals surface area (Å²) in [6, 6.07) is 0. The predicted octanol–water partition coefficient (Wildman–Crippen LogP) is 0.358. The second-order valence-electron chi connectivity index (χ2n) is 2.24. The van der Waals surface area contributed by atoms with E-state index in [-0.39, 0.29) is 0 Å². The third-order valence-electron chi connectivity index (χ3n) is 0.984. The molecule has 0 saturated heterocycles. The maximum absolute atomic E-state index is 8.40. The van der Waals surface area contributed by atoms with Gasteiger partial charge in [0, 0.05) is 0 Å². The number of hydrogen-bond acceptors (Lipinski definition) is 4. The molecule has 0 radical (unpaired) electrons. The van der Waals surface area contributed by atoms with E-state index < -0.39 is 11.9 Å². The first kappa shape index (κ1) is 13.7.